The SMILES string of the molecule is CC[C@H](C)[C@H](N)C(=O)OC1=C(C)[C@@H]2C[C@H]3OC(=O)[C@H](OC(=O)C=C(C)C)[C@H]4[C@]5(C(=O)OC)OC[C@]34C([C@@H](O)[C@@H]5O)[C@@]2(C)CC1=O. The van der Waals surface area contributed by atoms with Crippen LogP contribution < -0.4 is 5.73 Å². The number of carbonyl (C=O) groups excluding carboxylic acids is 5. The van der Waals surface area contributed by atoms with Crippen LogP contribution in [0.4, 0.5) is 0 Å². The maximum absolute atomic E-state index is 13.8. The minimum Gasteiger partial charge on any atom is -0.467 e. The second-order valence-corrected chi connectivity index (χ2v) is 13.8. The number of nitrogens with two attached hydrogens (primary N) is 1. The van der Waals surface area contributed by atoms with Crippen molar-refractivity contribution in [3.63, 3.8) is 0 Å². The maximum Gasteiger partial charge on any atom is 0.348 e. The molecule has 5 rings (SSSR count). The van der Waals surface area contributed by atoms with Crippen LogP contribution in [0.3, 0.4) is 0 Å². The van der Waals surface area contributed by atoms with E-state index in [1.54, 1.807) is 34.6 Å². The first-order valence-corrected chi connectivity index (χ1v) is 15.4. The average molecular weight is 634 g/mol. The molecule has 2 heterocycles. The van der Waals surface area contributed by atoms with Crippen molar-refractivity contribution in [1.29, 1.82) is 0 Å². The molecule has 12 atom stereocenters. The van der Waals surface area contributed by atoms with Crippen LogP contribution >= 0.6 is 0 Å². The largest absolute Gasteiger partial charge is 0.467 e. The van der Waals surface area contributed by atoms with Crippen molar-refractivity contribution in [3.8, 4) is 0 Å². The summed E-state index contributed by atoms with van der Waals surface area (Å²) in [6.07, 6.45) is -4.53. The first kappa shape index (κ1) is 33.2. The summed E-state index contributed by atoms with van der Waals surface area (Å²) in [7, 11) is 1.08. The summed E-state index contributed by atoms with van der Waals surface area (Å²) in [5.74, 6) is -7.28. The number of Topliss-reactive ketones (excluding diaryl/α,β-unsaturated/α-hetero) is 1. The standard InChI is InChI=1S/C32H43NO12/c1-8-14(4)20(33)27(38)45-22-15(5)16-10-18-31-12-42-32(29(40)41-7,26(37)21(36)24(31)30(16,6)11-17(22)34)25(31)23(28(39)43-18)44-19(35)9-13(2)3/h9,14,16,18,20-21,23-26,36-37H,8,10-12,33H2,1-7H3/t14-,16-,18+,20-,21+,23+,24?,25+,26-,30-,31+,32-/m0/s1. The number of allylic oxidation sites excluding steroid dienone is 3. The van der Waals surface area contributed by atoms with Crippen LogP contribution in [-0.4, -0.2) is 89.6 Å². The van der Waals surface area contributed by atoms with Crippen LogP contribution in [0.25, 0.3) is 0 Å². The normalized spacial score (nSPS) is 41.2. The lowest BCUT2D eigenvalue weighted by atomic mass is 9.38. The van der Waals surface area contributed by atoms with Crippen LogP contribution in [0.1, 0.15) is 60.8 Å². The lowest BCUT2D eigenvalue weighted by Gasteiger charge is -2.67. The van der Waals surface area contributed by atoms with Gasteiger partial charge >= 0.3 is 23.9 Å². The van der Waals surface area contributed by atoms with Crippen LogP contribution in [-0.2, 0) is 47.7 Å². The van der Waals surface area contributed by atoms with E-state index >= 15 is 0 Å². The molecule has 4 N–H and O–H groups in total. The molecular formula is C32H43NO12. The van der Waals surface area contributed by atoms with Gasteiger partial charge in [0.05, 0.1) is 25.7 Å². The van der Waals surface area contributed by atoms with Crippen molar-refractivity contribution in [2.24, 2.45) is 40.2 Å². The minimum absolute atomic E-state index is 0.116. The van der Waals surface area contributed by atoms with Crippen molar-refractivity contribution in [3.05, 3.63) is 23.0 Å². The molecule has 5 aliphatic rings. The lowest BCUT2D eigenvalue weighted by Crippen LogP contribution is -2.79. The molecule has 0 aromatic carbocycles. The topological polar surface area (TPSA) is 198 Å². The van der Waals surface area contributed by atoms with Crippen LogP contribution in [0.15, 0.2) is 23.0 Å². The Bertz CT molecular complexity index is 1380. The molecular weight excluding hydrogens is 590 g/mol. The van der Waals surface area contributed by atoms with Crippen LogP contribution in [0.2, 0.25) is 0 Å². The van der Waals surface area contributed by atoms with Gasteiger partial charge in [-0.2, -0.15) is 0 Å². The van der Waals surface area contributed by atoms with Gasteiger partial charge in [-0.1, -0.05) is 32.8 Å². The van der Waals surface area contributed by atoms with E-state index in [1.165, 1.54) is 6.08 Å². The molecule has 2 bridgehead atoms. The summed E-state index contributed by atoms with van der Waals surface area (Å²) in [4.78, 5) is 66.7. The summed E-state index contributed by atoms with van der Waals surface area (Å²) in [6.45, 7) is 10.2. The molecule has 0 radical (unpaired) electrons. The predicted octanol–water partition coefficient (Wildman–Crippen LogP) is 0.876. The number of fused-ring (bicyclic) bond motifs is 2. The number of rotatable bonds is 7. The highest BCUT2D eigenvalue weighted by Crippen LogP contribution is 2.72. The van der Waals surface area contributed by atoms with Gasteiger partial charge in [0.1, 0.15) is 18.2 Å². The molecule has 1 spiro atoms. The Hall–Kier alpha value is -3.13. The molecule has 45 heavy (non-hydrogen) atoms. The molecule has 13 nitrogen and oxygen atoms in total. The van der Waals surface area contributed by atoms with E-state index in [-0.39, 0.29) is 31.1 Å². The van der Waals surface area contributed by atoms with E-state index in [0.29, 0.717) is 17.6 Å². The highest BCUT2D eigenvalue weighted by atomic mass is 16.6. The van der Waals surface area contributed by atoms with Gasteiger partial charge in [-0.25, -0.2) is 19.2 Å². The molecule has 0 aromatic rings. The second-order valence-electron chi connectivity index (χ2n) is 13.8. The van der Waals surface area contributed by atoms with Gasteiger partial charge < -0.3 is 39.6 Å². The first-order valence-electron chi connectivity index (χ1n) is 15.4. The zero-order valence-corrected chi connectivity index (χ0v) is 26.7. The highest BCUT2D eigenvalue weighted by Gasteiger charge is 2.85. The van der Waals surface area contributed by atoms with Crippen LogP contribution in [0.5, 0.6) is 0 Å². The fourth-order valence-electron chi connectivity index (χ4n) is 9.03. The van der Waals surface area contributed by atoms with E-state index in [0.717, 1.165) is 7.11 Å². The molecule has 4 fully saturated rings. The number of hydrogen-bond acceptors (Lipinski definition) is 13. The third-order valence-corrected chi connectivity index (χ3v) is 11.2. The molecule has 2 aliphatic heterocycles. The molecule has 1 unspecified atom stereocenters. The van der Waals surface area contributed by atoms with E-state index < -0.39 is 94.3 Å². The molecule has 2 saturated heterocycles. The van der Waals surface area contributed by atoms with Gasteiger partial charge in [0, 0.05) is 23.8 Å². The Balaban J connectivity index is 1.64. The number of ketones is 1. The summed E-state index contributed by atoms with van der Waals surface area (Å²) < 4.78 is 28.4. The Morgan fingerprint density at radius 3 is 2.44 bits per heavy atom. The van der Waals surface area contributed by atoms with Gasteiger partial charge in [0.25, 0.3) is 0 Å². The Kier molecular flexibility index (Phi) is 8.34. The van der Waals surface area contributed by atoms with Crippen molar-refractivity contribution < 1.29 is 57.9 Å². The fourth-order valence-corrected chi connectivity index (χ4v) is 9.03. The average Bonchev–Trinajstić information content (AvgIpc) is 3.28. The lowest BCUT2D eigenvalue weighted by molar-refractivity contribution is -0.290. The third-order valence-electron chi connectivity index (χ3n) is 11.2. The first-order chi connectivity index (χ1) is 21.0. The van der Waals surface area contributed by atoms with Gasteiger partial charge in [-0.3, -0.25) is 4.79 Å². The zero-order chi connectivity index (χ0) is 33.4. The number of esters is 4. The molecule has 2 saturated carbocycles. The summed E-state index contributed by atoms with van der Waals surface area (Å²) >= 11 is 0. The third kappa shape index (κ3) is 4.52. The smallest absolute Gasteiger partial charge is 0.348 e. The maximum atomic E-state index is 13.8. The number of hydrogen-bond donors (Lipinski definition) is 3. The molecule has 3 aliphatic carbocycles. The summed E-state index contributed by atoms with van der Waals surface area (Å²) in [5.41, 5.74) is 2.37. The second kappa shape index (κ2) is 11.3. The Morgan fingerprint density at radius 2 is 1.84 bits per heavy atom. The fraction of sp³-hybridized carbons (Fsp3) is 0.719. The molecule has 13 heteroatoms. The molecule has 0 amide bonds. The number of aliphatic hydroxyl groups excluding tert-OH is 2. The number of methoxy groups -OCH3 is 1. The van der Waals surface area contributed by atoms with Crippen LogP contribution in [0, 0.1) is 34.5 Å². The van der Waals surface area contributed by atoms with Crippen molar-refractivity contribution in [1.82, 2.24) is 0 Å². The summed E-state index contributed by atoms with van der Waals surface area (Å²) in [5, 5.41) is 23.6. The predicted molar refractivity (Wildman–Crippen MR) is 153 cm³/mol. The minimum atomic E-state index is -2.27. The van der Waals surface area contributed by atoms with E-state index in [2.05, 4.69) is 0 Å². The summed E-state index contributed by atoms with van der Waals surface area (Å²) in [6, 6.07) is -0.950. The van der Waals surface area contributed by atoms with E-state index in [9.17, 15) is 34.2 Å². The number of aliphatic hydroxyl groups is 2. The van der Waals surface area contributed by atoms with Gasteiger partial charge in [0.15, 0.2) is 11.5 Å². The van der Waals surface area contributed by atoms with Gasteiger partial charge in [0.2, 0.25) is 11.7 Å². The monoisotopic (exact) mass is 633 g/mol. The molecule has 248 valence electrons. The Labute approximate surface area is 261 Å². The quantitative estimate of drug-likeness (QED) is 0.203. The highest BCUT2D eigenvalue weighted by molar-refractivity contribution is 5.98. The zero-order valence-electron chi connectivity index (χ0n) is 26.7. The van der Waals surface area contributed by atoms with E-state index in [1.807, 2.05) is 6.92 Å². The van der Waals surface area contributed by atoms with Gasteiger partial charge in [-0.05, 0) is 50.0 Å². The van der Waals surface area contributed by atoms with Crippen molar-refractivity contribution in [2.75, 3.05) is 13.7 Å². The number of ether oxygens (including phenoxy) is 5. The number of carbonyl (C=O) groups is 5. The Morgan fingerprint density at radius 1 is 1.18 bits per heavy atom. The van der Waals surface area contributed by atoms with Crippen molar-refractivity contribution in [2.45, 2.75) is 96.9 Å². The van der Waals surface area contributed by atoms with E-state index in [4.69, 9.17) is 29.4 Å². The van der Waals surface area contributed by atoms with Crippen molar-refractivity contribution >= 4 is 29.7 Å². The van der Waals surface area contributed by atoms with Gasteiger partial charge in [-0.15, -0.1) is 0 Å². The molecule has 0 aromatic heterocycles.